The minimum absolute atomic E-state index is 0.0745. The highest BCUT2D eigenvalue weighted by molar-refractivity contribution is 5.93. The van der Waals surface area contributed by atoms with E-state index in [1.807, 2.05) is 0 Å². The van der Waals surface area contributed by atoms with Gasteiger partial charge in [-0.3, -0.25) is 19.2 Å². The van der Waals surface area contributed by atoms with Crippen molar-refractivity contribution in [1.29, 1.82) is 0 Å². The molecule has 0 saturated heterocycles. The Morgan fingerprint density at radius 1 is 0.898 bits per heavy atom. The number of benzene rings is 1. The first-order valence-corrected chi connectivity index (χ1v) is 18.0. The van der Waals surface area contributed by atoms with Gasteiger partial charge in [0.2, 0.25) is 5.91 Å². The molecule has 1 aromatic carbocycles. The molecule has 2 amide bonds. The number of aliphatic carboxylic acids is 1. The first kappa shape index (κ1) is 43.3. The zero-order valence-electron chi connectivity index (χ0n) is 30.4. The molecule has 0 aliphatic rings. The SMILES string of the molecule is CC#CCOc1ccc(C[C@H](NC(=O)[C@@H](/C=C/CCCCCCC(=O)CCCCCCC)[C@@](O)(CCC)C(=O)O)C(=O)NOC(C)C)cc1. The second-order valence-corrected chi connectivity index (χ2v) is 12.8. The van der Waals surface area contributed by atoms with Crippen LogP contribution in [-0.2, 0) is 30.4 Å². The third kappa shape index (κ3) is 18.0. The highest BCUT2D eigenvalue weighted by Crippen LogP contribution is 2.27. The number of carboxylic acids is 1. The largest absolute Gasteiger partial charge is 0.481 e. The second kappa shape index (κ2) is 25.3. The zero-order chi connectivity index (χ0) is 36.5. The standard InChI is InChI=1S/C39H60N2O8/c1-6-9-11-14-17-20-32(42)21-18-15-12-13-16-19-22-34(39(47,27-8-3)38(45)46)36(43)40-35(37(44)41-49-30(4)5)29-31-23-25-33(26-24-31)48-28-10-7-2/h19,22-26,30,34-35,47H,6,8-9,11-18,20-21,27-29H2,1-5H3,(H,40,43)(H,41,44)(H,45,46)/b22-19+/t34-,35+,39+/m1/s1. The number of Topliss-reactive ketones (excluding diaryl/α,β-unsaturated/α-hetero) is 1. The lowest BCUT2D eigenvalue weighted by Gasteiger charge is -2.31. The molecule has 274 valence electrons. The van der Waals surface area contributed by atoms with Crippen LogP contribution in [0.5, 0.6) is 5.75 Å². The van der Waals surface area contributed by atoms with Gasteiger partial charge in [-0.15, -0.1) is 5.92 Å². The van der Waals surface area contributed by atoms with Crippen molar-refractivity contribution in [3.63, 3.8) is 0 Å². The van der Waals surface area contributed by atoms with Crippen molar-refractivity contribution < 1.29 is 39.0 Å². The molecular weight excluding hydrogens is 624 g/mol. The second-order valence-electron chi connectivity index (χ2n) is 12.8. The molecule has 49 heavy (non-hydrogen) atoms. The van der Waals surface area contributed by atoms with E-state index in [-0.39, 0.29) is 25.6 Å². The van der Waals surface area contributed by atoms with Crippen molar-refractivity contribution in [2.45, 2.75) is 149 Å². The number of unbranched alkanes of at least 4 members (excludes halogenated alkanes) is 8. The van der Waals surface area contributed by atoms with Crippen LogP contribution in [-0.4, -0.2) is 58.1 Å². The molecule has 10 nitrogen and oxygen atoms in total. The van der Waals surface area contributed by atoms with Crippen LogP contribution >= 0.6 is 0 Å². The van der Waals surface area contributed by atoms with Gasteiger partial charge >= 0.3 is 5.97 Å². The molecule has 0 aliphatic heterocycles. The Balaban J connectivity index is 2.94. The summed E-state index contributed by atoms with van der Waals surface area (Å²) in [7, 11) is 0. The molecule has 0 spiro atoms. The molecule has 0 aliphatic carbocycles. The highest BCUT2D eigenvalue weighted by atomic mass is 16.7. The molecule has 3 atom stereocenters. The molecule has 0 radical (unpaired) electrons. The molecule has 1 rings (SSSR count). The lowest BCUT2D eigenvalue weighted by atomic mass is 9.82. The Kier molecular flexibility index (Phi) is 22.4. The van der Waals surface area contributed by atoms with Crippen LogP contribution in [0.1, 0.15) is 130 Å². The van der Waals surface area contributed by atoms with Crippen LogP contribution in [0.2, 0.25) is 0 Å². The summed E-state index contributed by atoms with van der Waals surface area (Å²) in [5.41, 5.74) is 0.705. The van der Waals surface area contributed by atoms with Gasteiger partial charge in [-0.1, -0.05) is 89.0 Å². The van der Waals surface area contributed by atoms with E-state index in [9.17, 15) is 29.4 Å². The maximum atomic E-state index is 13.7. The molecule has 0 bridgehead atoms. The van der Waals surface area contributed by atoms with Gasteiger partial charge in [0.05, 0.1) is 12.0 Å². The van der Waals surface area contributed by atoms with Gasteiger partial charge in [0.1, 0.15) is 24.2 Å². The maximum Gasteiger partial charge on any atom is 0.336 e. The zero-order valence-corrected chi connectivity index (χ0v) is 30.4. The van der Waals surface area contributed by atoms with Gasteiger partial charge in [0.15, 0.2) is 5.60 Å². The first-order chi connectivity index (χ1) is 23.5. The van der Waals surface area contributed by atoms with Gasteiger partial charge in [0.25, 0.3) is 5.91 Å². The van der Waals surface area contributed by atoms with Crippen molar-refractivity contribution >= 4 is 23.6 Å². The Labute approximate surface area is 293 Å². The normalized spacial score (nSPS) is 13.6. The summed E-state index contributed by atoms with van der Waals surface area (Å²) in [6.07, 6.45) is 14.0. The number of carboxylic acid groups (broad SMARTS) is 1. The summed E-state index contributed by atoms with van der Waals surface area (Å²) < 4.78 is 5.56. The molecule has 0 heterocycles. The van der Waals surface area contributed by atoms with E-state index in [0.717, 1.165) is 38.5 Å². The molecule has 4 N–H and O–H groups in total. The lowest BCUT2D eigenvalue weighted by Crippen LogP contribution is -2.56. The van der Waals surface area contributed by atoms with E-state index in [1.165, 1.54) is 25.3 Å². The summed E-state index contributed by atoms with van der Waals surface area (Å²) in [6, 6.07) is 5.86. The third-order valence-electron chi connectivity index (χ3n) is 8.14. The topological polar surface area (TPSA) is 151 Å². The summed E-state index contributed by atoms with van der Waals surface area (Å²) >= 11 is 0. The fraction of sp³-hybridized carbons (Fsp3) is 0.641. The predicted octanol–water partition coefficient (Wildman–Crippen LogP) is 6.63. The number of aliphatic hydroxyl groups is 1. The number of hydrogen-bond donors (Lipinski definition) is 4. The number of carbonyl (C=O) groups is 4. The Bertz CT molecular complexity index is 1220. The average Bonchev–Trinajstić information content (AvgIpc) is 3.06. The molecule has 1 aromatic rings. The van der Waals surface area contributed by atoms with E-state index < -0.39 is 35.3 Å². The van der Waals surface area contributed by atoms with Crippen molar-refractivity contribution in [3.05, 3.63) is 42.0 Å². The van der Waals surface area contributed by atoms with E-state index in [1.54, 1.807) is 58.0 Å². The van der Waals surface area contributed by atoms with Gasteiger partial charge < -0.3 is 20.3 Å². The number of ketones is 1. The number of rotatable bonds is 27. The molecule has 0 unspecified atom stereocenters. The number of allylic oxidation sites excluding steroid dienone is 1. The smallest absolute Gasteiger partial charge is 0.336 e. The van der Waals surface area contributed by atoms with Crippen molar-refractivity contribution in [3.8, 4) is 17.6 Å². The molecule has 0 fully saturated rings. The van der Waals surface area contributed by atoms with E-state index in [2.05, 4.69) is 29.6 Å². The van der Waals surface area contributed by atoms with Crippen molar-refractivity contribution in [2.24, 2.45) is 5.92 Å². The van der Waals surface area contributed by atoms with Crippen LogP contribution in [0.15, 0.2) is 36.4 Å². The minimum atomic E-state index is -2.37. The maximum absolute atomic E-state index is 13.7. The number of carbonyl (C=O) groups excluding carboxylic acids is 3. The number of nitrogens with one attached hydrogen (secondary N) is 2. The summed E-state index contributed by atoms with van der Waals surface area (Å²) in [5, 5.41) is 24.0. The number of ether oxygens (including phenoxy) is 1. The highest BCUT2D eigenvalue weighted by Gasteiger charge is 2.46. The Hall–Kier alpha value is -3.68. The van der Waals surface area contributed by atoms with Gasteiger partial charge in [-0.25, -0.2) is 10.3 Å². The molecule has 0 saturated carbocycles. The first-order valence-electron chi connectivity index (χ1n) is 18.0. The van der Waals surface area contributed by atoms with Gasteiger partial charge in [-0.2, -0.15) is 0 Å². The summed E-state index contributed by atoms with van der Waals surface area (Å²) in [4.78, 5) is 56.7. The minimum Gasteiger partial charge on any atom is -0.481 e. The molecular formula is C39H60N2O8. The fourth-order valence-corrected chi connectivity index (χ4v) is 5.33. The predicted molar refractivity (Wildman–Crippen MR) is 192 cm³/mol. The summed E-state index contributed by atoms with van der Waals surface area (Å²) in [6.45, 7) is 9.34. The number of amides is 2. The third-order valence-corrected chi connectivity index (χ3v) is 8.14. The van der Waals surface area contributed by atoms with Crippen molar-refractivity contribution in [1.82, 2.24) is 10.8 Å². The lowest BCUT2D eigenvalue weighted by molar-refractivity contribution is -0.167. The van der Waals surface area contributed by atoms with E-state index in [4.69, 9.17) is 9.57 Å². The fourth-order valence-electron chi connectivity index (χ4n) is 5.33. The summed E-state index contributed by atoms with van der Waals surface area (Å²) in [5.74, 6) is 2.13. The van der Waals surface area contributed by atoms with Gasteiger partial charge in [-0.05, 0) is 70.6 Å². The van der Waals surface area contributed by atoms with Crippen molar-refractivity contribution in [2.75, 3.05) is 6.61 Å². The van der Waals surface area contributed by atoms with Crippen LogP contribution in [0.3, 0.4) is 0 Å². The van der Waals surface area contributed by atoms with E-state index >= 15 is 0 Å². The molecule has 10 heteroatoms. The number of hydroxylamine groups is 1. The van der Waals surface area contributed by atoms with Crippen LogP contribution in [0.4, 0.5) is 0 Å². The van der Waals surface area contributed by atoms with Gasteiger partial charge in [0, 0.05) is 19.3 Å². The van der Waals surface area contributed by atoms with Crippen LogP contribution in [0, 0.1) is 17.8 Å². The molecule has 0 aromatic heterocycles. The van der Waals surface area contributed by atoms with Crippen LogP contribution in [0.25, 0.3) is 0 Å². The van der Waals surface area contributed by atoms with E-state index in [0.29, 0.717) is 42.8 Å². The van der Waals surface area contributed by atoms with Crippen LogP contribution < -0.4 is 15.5 Å². The monoisotopic (exact) mass is 684 g/mol. The average molecular weight is 685 g/mol. The Morgan fingerprint density at radius 2 is 1.53 bits per heavy atom. The quantitative estimate of drug-likeness (QED) is 0.0349. The Morgan fingerprint density at radius 3 is 2.10 bits per heavy atom. The number of hydrogen-bond acceptors (Lipinski definition) is 7.